The normalized spacial score (nSPS) is 14.7. The van der Waals surface area contributed by atoms with Crippen LogP contribution in [0.5, 0.6) is 0 Å². The highest BCUT2D eigenvalue weighted by Gasteiger charge is 2.22. The van der Waals surface area contributed by atoms with Gasteiger partial charge in [0.15, 0.2) is 0 Å². The minimum Gasteiger partial charge on any atom is -0.379 e. The highest BCUT2D eigenvalue weighted by atomic mass is 16.5. The number of aryl methyl sites for hydroxylation is 1. The molecule has 0 spiro atoms. The monoisotopic (exact) mass is 253 g/mol. The zero-order chi connectivity index (χ0) is 13.4. The molecule has 1 heterocycles. The van der Waals surface area contributed by atoms with Crippen LogP contribution >= 0.6 is 0 Å². The number of rotatable bonds is 9. The van der Waals surface area contributed by atoms with E-state index < -0.39 is 0 Å². The SMILES string of the molecule is CCCNC(c1cnn(CCC)c1)C(CC)OC. The van der Waals surface area contributed by atoms with Gasteiger partial charge in [-0.3, -0.25) is 4.68 Å². The van der Waals surface area contributed by atoms with E-state index in [9.17, 15) is 0 Å². The molecule has 0 saturated heterocycles. The summed E-state index contributed by atoms with van der Waals surface area (Å²) in [7, 11) is 1.78. The van der Waals surface area contributed by atoms with Gasteiger partial charge >= 0.3 is 0 Å². The van der Waals surface area contributed by atoms with Crippen LogP contribution in [0.1, 0.15) is 51.6 Å². The van der Waals surface area contributed by atoms with Crippen LogP contribution in [-0.4, -0.2) is 29.5 Å². The van der Waals surface area contributed by atoms with Crippen LogP contribution in [-0.2, 0) is 11.3 Å². The van der Waals surface area contributed by atoms with E-state index in [1.165, 1.54) is 5.56 Å². The third kappa shape index (κ3) is 4.10. The summed E-state index contributed by atoms with van der Waals surface area (Å²) in [4.78, 5) is 0. The summed E-state index contributed by atoms with van der Waals surface area (Å²) < 4.78 is 7.60. The lowest BCUT2D eigenvalue weighted by atomic mass is 10.0. The van der Waals surface area contributed by atoms with E-state index in [0.29, 0.717) is 0 Å². The smallest absolute Gasteiger partial charge is 0.0764 e. The van der Waals surface area contributed by atoms with Crippen molar-refractivity contribution in [1.29, 1.82) is 0 Å². The standard InChI is InChI=1S/C14H27N3O/c1-5-8-15-14(13(7-3)18-4)12-10-16-17(11-12)9-6-2/h10-11,13-15H,5-9H2,1-4H3. The lowest BCUT2D eigenvalue weighted by molar-refractivity contribution is 0.0650. The molecule has 2 unspecified atom stereocenters. The number of nitrogens with zero attached hydrogens (tertiary/aromatic N) is 2. The second-order valence-corrected chi connectivity index (χ2v) is 4.65. The minimum absolute atomic E-state index is 0.204. The first-order chi connectivity index (χ1) is 8.76. The van der Waals surface area contributed by atoms with Crippen molar-refractivity contribution in [3.05, 3.63) is 18.0 Å². The fraction of sp³-hybridized carbons (Fsp3) is 0.786. The van der Waals surface area contributed by atoms with Gasteiger partial charge in [-0.1, -0.05) is 20.8 Å². The van der Waals surface area contributed by atoms with E-state index in [1.807, 2.05) is 10.9 Å². The molecule has 0 radical (unpaired) electrons. The topological polar surface area (TPSA) is 39.1 Å². The first kappa shape index (κ1) is 15.2. The summed E-state index contributed by atoms with van der Waals surface area (Å²) in [6, 6.07) is 0.241. The van der Waals surface area contributed by atoms with E-state index in [-0.39, 0.29) is 12.1 Å². The Morgan fingerprint density at radius 3 is 2.67 bits per heavy atom. The van der Waals surface area contributed by atoms with Crippen LogP contribution in [0.2, 0.25) is 0 Å². The average molecular weight is 253 g/mol. The molecule has 4 heteroatoms. The molecule has 1 rings (SSSR count). The Labute approximate surface area is 111 Å². The van der Waals surface area contributed by atoms with Gasteiger partial charge in [0, 0.05) is 25.4 Å². The van der Waals surface area contributed by atoms with Gasteiger partial charge in [0.2, 0.25) is 0 Å². The molecule has 0 aliphatic carbocycles. The van der Waals surface area contributed by atoms with Crippen LogP contribution in [0.25, 0.3) is 0 Å². The van der Waals surface area contributed by atoms with Crippen LogP contribution in [0, 0.1) is 0 Å². The van der Waals surface area contributed by atoms with Gasteiger partial charge in [-0.15, -0.1) is 0 Å². The third-order valence-electron chi connectivity index (χ3n) is 3.16. The van der Waals surface area contributed by atoms with Gasteiger partial charge in [0.1, 0.15) is 0 Å². The first-order valence-corrected chi connectivity index (χ1v) is 7.05. The van der Waals surface area contributed by atoms with E-state index in [0.717, 1.165) is 32.4 Å². The van der Waals surface area contributed by atoms with Crippen molar-refractivity contribution in [2.75, 3.05) is 13.7 Å². The summed E-state index contributed by atoms with van der Waals surface area (Å²) in [6.07, 6.45) is 7.53. The van der Waals surface area contributed by atoms with Crippen LogP contribution in [0.15, 0.2) is 12.4 Å². The minimum atomic E-state index is 0.204. The Morgan fingerprint density at radius 1 is 1.33 bits per heavy atom. The molecular weight excluding hydrogens is 226 g/mol. The van der Waals surface area contributed by atoms with E-state index in [1.54, 1.807) is 7.11 Å². The maximum Gasteiger partial charge on any atom is 0.0764 e. The number of hydrogen-bond donors (Lipinski definition) is 1. The van der Waals surface area contributed by atoms with Crippen molar-refractivity contribution in [3.8, 4) is 0 Å². The molecule has 1 aromatic rings. The molecule has 104 valence electrons. The predicted octanol–water partition coefficient (Wildman–Crippen LogP) is 2.76. The second-order valence-electron chi connectivity index (χ2n) is 4.65. The predicted molar refractivity (Wildman–Crippen MR) is 74.6 cm³/mol. The maximum atomic E-state index is 5.58. The van der Waals surface area contributed by atoms with E-state index in [4.69, 9.17) is 4.74 Å². The summed E-state index contributed by atoms with van der Waals surface area (Å²) in [5, 5.41) is 7.97. The number of nitrogens with one attached hydrogen (secondary N) is 1. The summed E-state index contributed by atoms with van der Waals surface area (Å²) in [5.41, 5.74) is 1.23. The Balaban J connectivity index is 2.78. The van der Waals surface area contributed by atoms with Crippen molar-refractivity contribution in [3.63, 3.8) is 0 Å². The molecule has 2 atom stereocenters. The second kappa shape index (κ2) is 8.27. The summed E-state index contributed by atoms with van der Waals surface area (Å²) >= 11 is 0. The number of aromatic nitrogens is 2. The van der Waals surface area contributed by atoms with Crippen molar-refractivity contribution in [2.24, 2.45) is 0 Å². The Kier molecular flexibility index (Phi) is 6.98. The number of hydrogen-bond acceptors (Lipinski definition) is 3. The van der Waals surface area contributed by atoms with Gasteiger partial charge in [-0.05, 0) is 25.8 Å². The fourth-order valence-electron chi connectivity index (χ4n) is 2.19. The molecule has 0 aliphatic heterocycles. The molecule has 1 N–H and O–H groups in total. The number of methoxy groups -OCH3 is 1. The lowest BCUT2D eigenvalue weighted by Gasteiger charge is -2.25. The zero-order valence-electron chi connectivity index (χ0n) is 12.1. The van der Waals surface area contributed by atoms with Crippen LogP contribution < -0.4 is 5.32 Å². The van der Waals surface area contributed by atoms with Crippen molar-refractivity contribution >= 4 is 0 Å². The largest absolute Gasteiger partial charge is 0.379 e. The quantitative estimate of drug-likeness (QED) is 0.735. The molecule has 0 saturated carbocycles. The first-order valence-electron chi connectivity index (χ1n) is 7.05. The van der Waals surface area contributed by atoms with Crippen molar-refractivity contribution in [2.45, 2.75) is 58.7 Å². The molecule has 18 heavy (non-hydrogen) atoms. The highest BCUT2D eigenvalue weighted by molar-refractivity contribution is 5.12. The third-order valence-corrected chi connectivity index (χ3v) is 3.16. The highest BCUT2D eigenvalue weighted by Crippen LogP contribution is 2.21. The molecule has 0 aliphatic rings. The maximum absolute atomic E-state index is 5.58. The van der Waals surface area contributed by atoms with Crippen LogP contribution in [0.4, 0.5) is 0 Å². The molecule has 0 fully saturated rings. The Hall–Kier alpha value is -0.870. The molecule has 0 amide bonds. The van der Waals surface area contributed by atoms with Crippen molar-refractivity contribution in [1.82, 2.24) is 15.1 Å². The molecule has 1 aromatic heterocycles. The van der Waals surface area contributed by atoms with Gasteiger partial charge in [-0.2, -0.15) is 5.10 Å². The fourth-order valence-corrected chi connectivity index (χ4v) is 2.19. The van der Waals surface area contributed by atoms with E-state index in [2.05, 4.69) is 37.4 Å². The lowest BCUT2D eigenvalue weighted by Crippen LogP contribution is -2.33. The van der Waals surface area contributed by atoms with Gasteiger partial charge in [0.25, 0.3) is 0 Å². The van der Waals surface area contributed by atoms with Crippen LogP contribution in [0.3, 0.4) is 0 Å². The molecule has 4 nitrogen and oxygen atoms in total. The average Bonchev–Trinajstić information content (AvgIpc) is 2.83. The van der Waals surface area contributed by atoms with Crippen molar-refractivity contribution < 1.29 is 4.74 Å². The zero-order valence-corrected chi connectivity index (χ0v) is 12.1. The molecule has 0 bridgehead atoms. The van der Waals surface area contributed by atoms with Gasteiger partial charge in [-0.25, -0.2) is 0 Å². The summed E-state index contributed by atoms with van der Waals surface area (Å²) in [5.74, 6) is 0. The Morgan fingerprint density at radius 2 is 2.11 bits per heavy atom. The van der Waals surface area contributed by atoms with E-state index >= 15 is 0 Å². The molecular formula is C14H27N3O. The van der Waals surface area contributed by atoms with Gasteiger partial charge in [0.05, 0.1) is 18.3 Å². The summed E-state index contributed by atoms with van der Waals surface area (Å²) in [6.45, 7) is 8.48. The van der Waals surface area contributed by atoms with Gasteiger partial charge < -0.3 is 10.1 Å². The molecule has 0 aromatic carbocycles. The number of ether oxygens (including phenoxy) is 1. The Bertz CT molecular complexity index is 321.